The number of carbonyl (C=O) groups excluding carboxylic acids is 1. The van der Waals surface area contributed by atoms with Gasteiger partial charge in [0.25, 0.3) is 0 Å². The van der Waals surface area contributed by atoms with Crippen LogP contribution in [0.15, 0.2) is 39.4 Å². The molecule has 0 radical (unpaired) electrons. The largest absolute Gasteiger partial charge is 0.511 e. The third-order valence-electron chi connectivity index (χ3n) is 5.28. The van der Waals surface area contributed by atoms with Gasteiger partial charge in [0.2, 0.25) is 0 Å². The molecule has 7 heteroatoms. The Morgan fingerprint density at radius 3 is 2.50 bits per heavy atom. The SMILES string of the molecule is CS(=O)(=O)c1ccc(Cl)c(N=CC2=C(O)CC3(CCCCC3)CC2=O)c1. The summed E-state index contributed by atoms with van der Waals surface area (Å²) in [6.07, 6.45) is 8.64. The van der Waals surface area contributed by atoms with Crippen LogP contribution in [0.1, 0.15) is 44.9 Å². The standard InChI is InChI=1S/C19H22ClNO4S/c1-26(24,25)13-5-6-15(20)16(9-13)21-12-14-17(22)10-19(11-18(14)23)7-3-2-4-8-19/h5-6,9,12,22H,2-4,7-8,10-11H2,1H3. The first-order chi connectivity index (χ1) is 12.2. The first-order valence-corrected chi connectivity index (χ1v) is 11.0. The predicted octanol–water partition coefficient (Wildman–Crippen LogP) is 4.57. The van der Waals surface area contributed by atoms with Crippen LogP contribution in [0.4, 0.5) is 5.69 Å². The normalized spacial score (nSPS) is 20.9. The number of carbonyl (C=O) groups is 1. The number of hydrogen-bond acceptors (Lipinski definition) is 5. The Kier molecular flexibility index (Phi) is 5.26. The monoisotopic (exact) mass is 395 g/mol. The smallest absolute Gasteiger partial charge is 0.175 e. The third kappa shape index (κ3) is 4.01. The highest BCUT2D eigenvalue weighted by molar-refractivity contribution is 7.90. The number of benzene rings is 1. The topological polar surface area (TPSA) is 83.8 Å². The number of hydrogen-bond donors (Lipinski definition) is 1. The van der Waals surface area contributed by atoms with Crippen LogP contribution in [0, 0.1) is 5.41 Å². The maximum Gasteiger partial charge on any atom is 0.175 e. The average molecular weight is 396 g/mol. The van der Waals surface area contributed by atoms with Crippen molar-refractivity contribution in [3.8, 4) is 0 Å². The summed E-state index contributed by atoms with van der Waals surface area (Å²) < 4.78 is 23.4. The molecule has 1 N–H and O–H groups in total. The van der Waals surface area contributed by atoms with Gasteiger partial charge in [-0.3, -0.25) is 9.79 Å². The summed E-state index contributed by atoms with van der Waals surface area (Å²) in [5.74, 6) is -0.0444. The Labute approximate surface area is 158 Å². The highest BCUT2D eigenvalue weighted by Crippen LogP contribution is 2.47. The summed E-state index contributed by atoms with van der Waals surface area (Å²) >= 11 is 6.08. The highest BCUT2D eigenvalue weighted by atomic mass is 35.5. The number of Topliss-reactive ketones (excluding diaryl/α,β-unsaturated/α-hetero) is 1. The van der Waals surface area contributed by atoms with Crippen molar-refractivity contribution in [2.24, 2.45) is 10.4 Å². The fourth-order valence-electron chi connectivity index (χ4n) is 3.87. The first-order valence-electron chi connectivity index (χ1n) is 8.69. The molecule has 1 aromatic rings. The van der Waals surface area contributed by atoms with E-state index in [2.05, 4.69) is 4.99 Å². The van der Waals surface area contributed by atoms with Gasteiger partial charge in [-0.2, -0.15) is 0 Å². The summed E-state index contributed by atoms with van der Waals surface area (Å²) in [6, 6.07) is 4.23. The Bertz CT molecular complexity index is 896. The summed E-state index contributed by atoms with van der Waals surface area (Å²) in [5.41, 5.74) is 0.340. The molecular formula is C19H22ClNO4S. The van der Waals surface area contributed by atoms with E-state index in [1.54, 1.807) is 0 Å². The van der Waals surface area contributed by atoms with E-state index in [0.29, 0.717) is 12.8 Å². The van der Waals surface area contributed by atoms with E-state index in [0.717, 1.165) is 31.9 Å². The van der Waals surface area contributed by atoms with Crippen LogP contribution in [-0.4, -0.2) is 31.8 Å². The van der Waals surface area contributed by atoms with E-state index in [-0.39, 0.29) is 38.1 Å². The summed E-state index contributed by atoms with van der Waals surface area (Å²) in [7, 11) is -3.39. The molecule has 0 atom stereocenters. The van der Waals surface area contributed by atoms with Crippen molar-refractivity contribution in [1.29, 1.82) is 0 Å². The molecule has 1 fully saturated rings. The maximum atomic E-state index is 12.6. The number of halogens is 1. The molecule has 2 aliphatic rings. The lowest BCUT2D eigenvalue weighted by molar-refractivity contribution is -0.119. The molecule has 0 amide bonds. The summed E-state index contributed by atoms with van der Waals surface area (Å²) in [4.78, 5) is 16.9. The fourth-order valence-corrected chi connectivity index (χ4v) is 4.67. The highest BCUT2D eigenvalue weighted by Gasteiger charge is 2.40. The van der Waals surface area contributed by atoms with Crippen LogP contribution in [0.2, 0.25) is 5.02 Å². The zero-order valence-corrected chi connectivity index (χ0v) is 16.2. The van der Waals surface area contributed by atoms with Crippen molar-refractivity contribution < 1.29 is 18.3 Å². The van der Waals surface area contributed by atoms with Crippen molar-refractivity contribution in [2.45, 2.75) is 49.8 Å². The van der Waals surface area contributed by atoms with Gasteiger partial charge in [0.1, 0.15) is 5.76 Å². The predicted molar refractivity (Wildman–Crippen MR) is 102 cm³/mol. The quantitative estimate of drug-likeness (QED) is 0.759. The zero-order chi connectivity index (χ0) is 18.9. The molecular weight excluding hydrogens is 374 g/mol. The van der Waals surface area contributed by atoms with Crippen molar-refractivity contribution >= 4 is 39.1 Å². The molecule has 26 heavy (non-hydrogen) atoms. The molecule has 0 unspecified atom stereocenters. The van der Waals surface area contributed by atoms with Crippen molar-refractivity contribution in [3.63, 3.8) is 0 Å². The van der Waals surface area contributed by atoms with Crippen LogP contribution >= 0.6 is 11.6 Å². The molecule has 0 heterocycles. The zero-order valence-electron chi connectivity index (χ0n) is 14.7. The molecule has 0 bridgehead atoms. The number of aliphatic hydroxyl groups is 1. The molecule has 5 nitrogen and oxygen atoms in total. The second-order valence-corrected chi connectivity index (χ2v) is 9.76. The van der Waals surface area contributed by atoms with E-state index in [4.69, 9.17) is 11.6 Å². The van der Waals surface area contributed by atoms with E-state index >= 15 is 0 Å². The molecule has 1 saturated carbocycles. The Morgan fingerprint density at radius 2 is 1.88 bits per heavy atom. The molecule has 3 rings (SSSR count). The van der Waals surface area contributed by atoms with Gasteiger partial charge >= 0.3 is 0 Å². The van der Waals surface area contributed by atoms with Crippen LogP contribution in [-0.2, 0) is 14.6 Å². The van der Waals surface area contributed by atoms with Crippen molar-refractivity contribution in [1.82, 2.24) is 0 Å². The second-order valence-electron chi connectivity index (χ2n) is 7.34. The van der Waals surface area contributed by atoms with Gasteiger partial charge in [-0.15, -0.1) is 0 Å². The minimum Gasteiger partial charge on any atom is -0.511 e. The number of allylic oxidation sites excluding steroid dienone is 2. The lowest BCUT2D eigenvalue weighted by Crippen LogP contribution is -2.33. The van der Waals surface area contributed by atoms with Crippen molar-refractivity contribution in [3.05, 3.63) is 34.6 Å². The summed E-state index contributed by atoms with van der Waals surface area (Å²) in [5, 5.41) is 10.7. The van der Waals surface area contributed by atoms with Crippen LogP contribution in [0.3, 0.4) is 0 Å². The number of rotatable bonds is 3. The number of aliphatic imine (C=N–C) groups is 1. The molecule has 0 aliphatic heterocycles. The molecule has 140 valence electrons. The van der Waals surface area contributed by atoms with E-state index in [1.807, 2.05) is 0 Å². The van der Waals surface area contributed by atoms with Gasteiger partial charge in [-0.05, 0) is 36.5 Å². The lowest BCUT2D eigenvalue weighted by atomic mass is 9.65. The maximum absolute atomic E-state index is 12.6. The molecule has 0 aromatic heterocycles. The molecule has 2 aliphatic carbocycles. The van der Waals surface area contributed by atoms with E-state index in [1.165, 1.54) is 30.8 Å². The average Bonchev–Trinajstić information content (AvgIpc) is 2.55. The lowest BCUT2D eigenvalue weighted by Gasteiger charge is -2.39. The minimum atomic E-state index is -3.39. The van der Waals surface area contributed by atoms with E-state index in [9.17, 15) is 18.3 Å². The Balaban J connectivity index is 1.89. The van der Waals surface area contributed by atoms with Gasteiger partial charge in [0.05, 0.1) is 21.2 Å². The molecule has 1 aromatic carbocycles. The van der Waals surface area contributed by atoms with Crippen molar-refractivity contribution in [2.75, 3.05) is 6.26 Å². The van der Waals surface area contributed by atoms with Gasteiger partial charge in [0.15, 0.2) is 15.6 Å². The first kappa shape index (κ1) is 19.1. The number of ketones is 1. The van der Waals surface area contributed by atoms with Gasteiger partial charge in [-0.25, -0.2) is 8.42 Å². The second kappa shape index (κ2) is 7.16. The minimum absolute atomic E-state index is 0.0716. The third-order valence-corrected chi connectivity index (χ3v) is 6.71. The number of aliphatic hydroxyl groups excluding tert-OH is 1. The fraction of sp³-hybridized carbons (Fsp3) is 0.474. The number of nitrogens with zero attached hydrogens (tertiary/aromatic N) is 1. The van der Waals surface area contributed by atoms with E-state index < -0.39 is 9.84 Å². The number of sulfone groups is 1. The Hall–Kier alpha value is -1.66. The Morgan fingerprint density at radius 1 is 1.19 bits per heavy atom. The van der Waals surface area contributed by atoms with Gasteiger partial charge in [0, 0.05) is 25.3 Å². The summed E-state index contributed by atoms with van der Waals surface area (Å²) in [6.45, 7) is 0. The van der Waals surface area contributed by atoms with Gasteiger partial charge < -0.3 is 5.11 Å². The van der Waals surface area contributed by atoms with Crippen LogP contribution in [0.25, 0.3) is 0 Å². The van der Waals surface area contributed by atoms with Crippen LogP contribution in [0.5, 0.6) is 0 Å². The molecule has 0 saturated heterocycles. The molecule has 1 spiro atoms. The van der Waals surface area contributed by atoms with Gasteiger partial charge in [-0.1, -0.05) is 30.9 Å². The van der Waals surface area contributed by atoms with Crippen LogP contribution < -0.4 is 0 Å².